The minimum atomic E-state index is -1.16. The predicted molar refractivity (Wildman–Crippen MR) is 122 cm³/mol. The van der Waals surface area contributed by atoms with Crippen LogP contribution in [-0.4, -0.2) is 61.3 Å². The number of nitrogens with zero attached hydrogens (tertiary/aromatic N) is 3. The Morgan fingerprint density at radius 2 is 1.84 bits per heavy atom. The van der Waals surface area contributed by atoms with Crippen LogP contribution in [0.25, 0.3) is 0 Å². The molecule has 1 amide bonds. The number of carboxylic acid groups (broad SMARTS) is 1. The van der Waals surface area contributed by atoms with Crippen LogP contribution in [0.2, 0.25) is 0 Å². The van der Waals surface area contributed by atoms with Crippen LogP contribution in [-0.2, 0) is 6.54 Å². The highest BCUT2D eigenvalue weighted by Gasteiger charge is 2.23. The van der Waals surface area contributed by atoms with Crippen LogP contribution < -0.4 is 14.7 Å². The number of carbonyl (C=O) groups is 1. The minimum Gasteiger partial charge on any atom is -0.530 e. The number of rotatable bonds is 10. The van der Waals surface area contributed by atoms with Crippen molar-refractivity contribution in [2.24, 2.45) is 0 Å². The molecule has 0 aliphatic carbocycles. The van der Waals surface area contributed by atoms with Crippen molar-refractivity contribution in [1.82, 2.24) is 9.80 Å². The Bertz CT molecular complexity index is 797. The zero-order chi connectivity index (χ0) is 22.1. The third-order valence-electron chi connectivity index (χ3n) is 5.86. The number of benzene rings is 2. The molecule has 1 unspecified atom stereocenters. The Labute approximate surface area is 186 Å². The number of carbonyl (C=O) groups excluding carboxylic acids is 1. The van der Waals surface area contributed by atoms with E-state index in [1.54, 1.807) is 24.3 Å². The summed E-state index contributed by atoms with van der Waals surface area (Å²) in [5, 5.41) is 11.6. The lowest BCUT2D eigenvalue weighted by molar-refractivity contribution is -0.246. The van der Waals surface area contributed by atoms with Crippen LogP contribution in [0.1, 0.15) is 32.3 Å². The van der Waals surface area contributed by atoms with E-state index in [4.69, 9.17) is 4.74 Å². The Morgan fingerprint density at radius 3 is 2.48 bits per heavy atom. The van der Waals surface area contributed by atoms with E-state index in [0.717, 1.165) is 51.3 Å². The summed E-state index contributed by atoms with van der Waals surface area (Å²) >= 11 is 0. The van der Waals surface area contributed by atoms with Crippen LogP contribution in [0.5, 0.6) is 5.75 Å². The molecule has 31 heavy (non-hydrogen) atoms. The van der Waals surface area contributed by atoms with Gasteiger partial charge in [0.15, 0.2) is 0 Å². The van der Waals surface area contributed by atoms with Gasteiger partial charge >= 0.3 is 0 Å². The van der Waals surface area contributed by atoms with Gasteiger partial charge in [0.2, 0.25) is 0 Å². The Morgan fingerprint density at radius 1 is 1.10 bits per heavy atom. The summed E-state index contributed by atoms with van der Waals surface area (Å²) in [6, 6.07) is 18.3. The van der Waals surface area contributed by atoms with Crippen LogP contribution >= 0.6 is 0 Å². The molecule has 1 fully saturated rings. The Kier molecular flexibility index (Phi) is 8.74. The molecule has 1 atom stereocenters. The van der Waals surface area contributed by atoms with Crippen molar-refractivity contribution in [3.63, 3.8) is 0 Å². The van der Waals surface area contributed by atoms with Gasteiger partial charge in [-0.15, -0.1) is 0 Å². The molecule has 0 saturated carbocycles. The van der Waals surface area contributed by atoms with Gasteiger partial charge in [-0.05, 0) is 63.1 Å². The first-order valence-corrected chi connectivity index (χ1v) is 11.3. The SMILES string of the molecule is CCOc1ccc(N(CCCCN2CCN(Cc3ccccc3)C(C)C2)C(=O)[O-])cc1. The van der Waals surface area contributed by atoms with Gasteiger partial charge in [0.05, 0.1) is 6.61 Å². The monoisotopic (exact) mass is 424 g/mol. The molecule has 3 rings (SSSR count). The number of piperazine rings is 1. The van der Waals surface area contributed by atoms with E-state index in [0.29, 0.717) is 24.9 Å². The van der Waals surface area contributed by atoms with Gasteiger partial charge in [-0.3, -0.25) is 4.90 Å². The second-order valence-electron chi connectivity index (χ2n) is 8.16. The molecule has 0 radical (unpaired) electrons. The number of unbranched alkanes of at least 4 members (excludes halogenated alkanes) is 1. The summed E-state index contributed by atoms with van der Waals surface area (Å²) in [4.78, 5) is 17.9. The molecule has 0 aromatic heterocycles. The van der Waals surface area contributed by atoms with Gasteiger partial charge < -0.3 is 24.4 Å². The van der Waals surface area contributed by atoms with Gasteiger partial charge in [-0.2, -0.15) is 0 Å². The lowest BCUT2D eigenvalue weighted by atomic mass is 10.1. The van der Waals surface area contributed by atoms with Crippen molar-refractivity contribution >= 4 is 11.8 Å². The van der Waals surface area contributed by atoms with E-state index in [-0.39, 0.29) is 0 Å². The van der Waals surface area contributed by atoms with Crippen LogP contribution in [0.15, 0.2) is 54.6 Å². The zero-order valence-electron chi connectivity index (χ0n) is 18.7. The van der Waals surface area contributed by atoms with Crippen molar-refractivity contribution in [1.29, 1.82) is 0 Å². The van der Waals surface area contributed by atoms with Gasteiger partial charge in [0, 0.05) is 44.5 Å². The van der Waals surface area contributed by atoms with E-state index in [9.17, 15) is 9.90 Å². The van der Waals surface area contributed by atoms with Crippen LogP contribution in [0.3, 0.4) is 0 Å². The smallest absolute Gasteiger partial charge is 0.141 e. The molecule has 1 saturated heterocycles. The standard InChI is InChI=1S/C25H35N3O3/c1-3-31-24-13-11-23(12-14-24)28(25(29)30)16-8-7-15-26-17-18-27(21(2)19-26)20-22-9-5-4-6-10-22/h4-6,9-14,21H,3,7-8,15-20H2,1-2H3,(H,29,30)/p-1. The largest absolute Gasteiger partial charge is 0.530 e. The predicted octanol–water partition coefficient (Wildman–Crippen LogP) is 3.22. The van der Waals surface area contributed by atoms with Crippen LogP contribution in [0.4, 0.5) is 10.5 Å². The summed E-state index contributed by atoms with van der Waals surface area (Å²) in [6.07, 6.45) is 0.610. The molecule has 0 bridgehead atoms. The van der Waals surface area contributed by atoms with E-state index in [2.05, 4.69) is 47.1 Å². The van der Waals surface area contributed by atoms with Crippen LogP contribution in [0, 0.1) is 0 Å². The molecular weight excluding hydrogens is 390 g/mol. The average molecular weight is 425 g/mol. The van der Waals surface area contributed by atoms with Gasteiger partial charge in [0.25, 0.3) is 0 Å². The fraction of sp³-hybridized carbons (Fsp3) is 0.480. The summed E-state index contributed by atoms with van der Waals surface area (Å²) in [7, 11) is 0. The van der Waals surface area contributed by atoms with Crippen molar-refractivity contribution in [3.05, 3.63) is 60.2 Å². The van der Waals surface area contributed by atoms with Crippen molar-refractivity contribution in [3.8, 4) is 5.75 Å². The first-order chi connectivity index (χ1) is 15.1. The second kappa shape index (κ2) is 11.7. The maximum absolute atomic E-state index is 11.6. The molecule has 168 valence electrons. The molecule has 6 heteroatoms. The number of amides is 1. The van der Waals surface area contributed by atoms with E-state index < -0.39 is 6.09 Å². The Balaban J connectivity index is 1.40. The average Bonchev–Trinajstić information content (AvgIpc) is 2.77. The zero-order valence-corrected chi connectivity index (χ0v) is 18.7. The molecule has 0 N–H and O–H groups in total. The fourth-order valence-electron chi connectivity index (χ4n) is 4.15. The molecule has 2 aromatic carbocycles. The third kappa shape index (κ3) is 6.97. The molecule has 1 aliphatic rings. The Hall–Kier alpha value is -2.57. The first-order valence-electron chi connectivity index (χ1n) is 11.3. The molecule has 6 nitrogen and oxygen atoms in total. The summed E-state index contributed by atoms with van der Waals surface area (Å²) in [6.45, 7) is 10.4. The molecule has 2 aromatic rings. The normalized spacial score (nSPS) is 17.4. The molecule has 0 spiro atoms. The summed E-state index contributed by atoms with van der Waals surface area (Å²) in [5.74, 6) is 0.741. The lowest BCUT2D eigenvalue weighted by Crippen LogP contribution is -2.51. The quantitative estimate of drug-likeness (QED) is 0.548. The fourth-order valence-corrected chi connectivity index (χ4v) is 4.15. The third-order valence-corrected chi connectivity index (χ3v) is 5.86. The highest BCUT2D eigenvalue weighted by molar-refractivity contribution is 5.84. The molecule has 1 aliphatic heterocycles. The van der Waals surface area contributed by atoms with E-state index >= 15 is 0 Å². The molecular formula is C25H34N3O3-. The van der Waals surface area contributed by atoms with E-state index in [1.165, 1.54) is 10.5 Å². The molecule has 1 heterocycles. The maximum Gasteiger partial charge on any atom is 0.141 e. The van der Waals surface area contributed by atoms with Crippen molar-refractivity contribution in [2.45, 2.75) is 39.3 Å². The highest BCUT2D eigenvalue weighted by atomic mass is 16.5. The number of ether oxygens (including phenoxy) is 1. The number of hydrogen-bond acceptors (Lipinski definition) is 5. The van der Waals surface area contributed by atoms with Gasteiger partial charge in [0.1, 0.15) is 11.8 Å². The van der Waals surface area contributed by atoms with Gasteiger partial charge in [-0.25, -0.2) is 0 Å². The summed E-state index contributed by atoms with van der Waals surface area (Å²) < 4.78 is 5.43. The van der Waals surface area contributed by atoms with Gasteiger partial charge in [-0.1, -0.05) is 30.3 Å². The first kappa shape index (κ1) is 23.1. The van der Waals surface area contributed by atoms with Crippen molar-refractivity contribution in [2.75, 3.05) is 44.2 Å². The number of hydrogen-bond donors (Lipinski definition) is 0. The maximum atomic E-state index is 11.6. The second-order valence-corrected chi connectivity index (χ2v) is 8.16. The lowest BCUT2D eigenvalue weighted by Gasteiger charge is -2.40. The summed E-state index contributed by atoms with van der Waals surface area (Å²) in [5.41, 5.74) is 1.99. The van der Waals surface area contributed by atoms with E-state index in [1.807, 2.05) is 6.92 Å². The number of anilines is 1. The van der Waals surface area contributed by atoms with Crippen molar-refractivity contribution < 1.29 is 14.6 Å². The minimum absolute atomic E-state index is 0.444. The topological polar surface area (TPSA) is 59.1 Å². The highest BCUT2D eigenvalue weighted by Crippen LogP contribution is 2.20.